The molecule has 8 heteroatoms. The molecule has 6 nitrogen and oxygen atoms in total. The number of rotatable bonds is 5. The second-order valence-electron chi connectivity index (χ2n) is 5.80. The predicted molar refractivity (Wildman–Crippen MR) is 99.4 cm³/mol. The van der Waals surface area contributed by atoms with Crippen LogP contribution in [-0.4, -0.2) is 41.9 Å². The smallest absolute Gasteiger partial charge is 0.329 e. The van der Waals surface area contributed by atoms with Crippen LogP contribution in [0.2, 0.25) is 5.02 Å². The van der Waals surface area contributed by atoms with Crippen LogP contribution in [0.25, 0.3) is 0 Å². The molecule has 1 aliphatic heterocycles. The number of likely N-dealkylation sites (tertiary alicyclic amines) is 1. The van der Waals surface area contributed by atoms with Gasteiger partial charge >= 0.3 is 5.97 Å². The van der Waals surface area contributed by atoms with Gasteiger partial charge in [-0.15, -0.1) is 11.3 Å². The van der Waals surface area contributed by atoms with Crippen LogP contribution in [0.4, 0.5) is 5.69 Å². The Labute approximate surface area is 159 Å². The number of hydrogen-bond donors (Lipinski definition) is 1. The molecule has 1 aromatic carbocycles. The van der Waals surface area contributed by atoms with Crippen LogP contribution in [0, 0.1) is 0 Å². The fraction of sp³-hybridized carbons (Fsp3) is 0.278. The highest BCUT2D eigenvalue weighted by molar-refractivity contribution is 7.12. The standard InChI is InChI=1S/C18H17ClN2O4S/c19-12-4-1-5-13(10-12)20-16(22)11-25-18(24)14-6-2-8-21(14)17(23)15-7-3-9-26-15/h1,3-5,7,9-10,14H,2,6,8,11H2,(H,20,22)/t14-/m1/s1. The summed E-state index contributed by atoms with van der Waals surface area (Å²) in [6, 6.07) is 9.55. The number of ether oxygens (including phenoxy) is 1. The molecule has 1 aliphatic rings. The molecule has 0 spiro atoms. The first-order valence-electron chi connectivity index (χ1n) is 8.11. The molecule has 0 radical (unpaired) electrons. The Morgan fingerprint density at radius 3 is 2.85 bits per heavy atom. The van der Waals surface area contributed by atoms with Gasteiger partial charge in [-0.2, -0.15) is 0 Å². The molecule has 136 valence electrons. The molecule has 1 atom stereocenters. The molecule has 1 aromatic heterocycles. The van der Waals surface area contributed by atoms with E-state index in [1.807, 2.05) is 5.38 Å². The third kappa shape index (κ3) is 4.42. The molecule has 2 amide bonds. The van der Waals surface area contributed by atoms with Gasteiger partial charge in [0.15, 0.2) is 6.61 Å². The lowest BCUT2D eigenvalue weighted by Crippen LogP contribution is -2.41. The topological polar surface area (TPSA) is 75.7 Å². The molecule has 1 fully saturated rings. The minimum Gasteiger partial charge on any atom is -0.454 e. The van der Waals surface area contributed by atoms with Gasteiger partial charge in [-0.1, -0.05) is 23.7 Å². The van der Waals surface area contributed by atoms with Gasteiger partial charge in [0.05, 0.1) is 4.88 Å². The summed E-state index contributed by atoms with van der Waals surface area (Å²) in [5.41, 5.74) is 0.522. The van der Waals surface area contributed by atoms with Crippen molar-refractivity contribution in [3.8, 4) is 0 Å². The Kier molecular flexibility index (Phi) is 5.90. The summed E-state index contributed by atoms with van der Waals surface area (Å²) in [5, 5.41) is 4.92. The molecule has 3 rings (SSSR count). The zero-order chi connectivity index (χ0) is 18.5. The molecule has 1 saturated heterocycles. The lowest BCUT2D eigenvalue weighted by molar-refractivity contribution is -0.151. The monoisotopic (exact) mass is 392 g/mol. The first-order valence-corrected chi connectivity index (χ1v) is 9.37. The van der Waals surface area contributed by atoms with Crippen molar-refractivity contribution in [1.29, 1.82) is 0 Å². The second-order valence-corrected chi connectivity index (χ2v) is 7.18. The first-order chi connectivity index (χ1) is 12.5. The van der Waals surface area contributed by atoms with Gasteiger partial charge in [0, 0.05) is 17.3 Å². The Bertz CT molecular complexity index is 809. The maximum absolute atomic E-state index is 12.5. The van der Waals surface area contributed by atoms with Crippen LogP contribution < -0.4 is 5.32 Å². The lowest BCUT2D eigenvalue weighted by Gasteiger charge is -2.22. The third-order valence-corrected chi connectivity index (χ3v) is 5.06. The predicted octanol–water partition coefficient (Wildman–Crippen LogP) is 3.19. The molecule has 26 heavy (non-hydrogen) atoms. The zero-order valence-corrected chi connectivity index (χ0v) is 15.4. The quantitative estimate of drug-likeness (QED) is 0.793. The number of benzene rings is 1. The van der Waals surface area contributed by atoms with Gasteiger partial charge in [-0.25, -0.2) is 4.79 Å². The summed E-state index contributed by atoms with van der Waals surface area (Å²) in [6.45, 7) is 0.0914. The molecule has 2 heterocycles. The van der Waals surface area contributed by atoms with Gasteiger partial charge in [0.1, 0.15) is 6.04 Å². The van der Waals surface area contributed by atoms with Crippen LogP contribution in [-0.2, 0) is 14.3 Å². The second kappa shape index (κ2) is 8.33. The van der Waals surface area contributed by atoms with Gasteiger partial charge in [0.2, 0.25) is 0 Å². The maximum atomic E-state index is 12.5. The Balaban J connectivity index is 1.54. The van der Waals surface area contributed by atoms with Crippen LogP contribution in [0.5, 0.6) is 0 Å². The largest absolute Gasteiger partial charge is 0.454 e. The van der Waals surface area contributed by atoms with E-state index in [4.69, 9.17) is 16.3 Å². The van der Waals surface area contributed by atoms with E-state index in [0.717, 1.165) is 6.42 Å². The highest BCUT2D eigenvalue weighted by Gasteiger charge is 2.36. The van der Waals surface area contributed by atoms with Gasteiger partial charge < -0.3 is 15.0 Å². The van der Waals surface area contributed by atoms with E-state index in [1.54, 1.807) is 36.4 Å². The summed E-state index contributed by atoms with van der Waals surface area (Å²) in [6.07, 6.45) is 1.26. The Morgan fingerprint density at radius 2 is 2.12 bits per heavy atom. The number of esters is 1. The van der Waals surface area contributed by atoms with Crippen molar-refractivity contribution in [2.24, 2.45) is 0 Å². The number of hydrogen-bond acceptors (Lipinski definition) is 5. The van der Waals surface area contributed by atoms with Gasteiger partial charge in [0.25, 0.3) is 11.8 Å². The molecule has 1 N–H and O–H groups in total. The van der Waals surface area contributed by atoms with E-state index < -0.39 is 24.5 Å². The minimum absolute atomic E-state index is 0.178. The van der Waals surface area contributed by atoms with Crippen molar-refractivity contribution in [2.45, 2.75) is 18.9 Å². The summed E-state index contributed by atoms with van der Waals surface area (Å²) in [4.78, 5) is 38.8. The van der Waals surface area contributed by atoms with E-state index in [0.29, 0.717) is 28.6 Å². The number of nitrogens with zero attached hydrogens (tertiary/aromatic N) is 1. The SMILES string of the molecule is O=C(COC(=O)[C@H]1CCCN1C(=O)c1cccs1)Nc1cccc(Cl)c1. The average Bonchev–Trinajstić information content (AvgIpc) is 3.30. The van der Waals surface area contributed by atoms with Crippen LogP contribution >= 0.6 is 22.9 Å². The summed E-state index contributed by atoms with van der Waals surface area (Å²) >= 11 is 7.19. The number of halogens is 1. The van der Waals surface area contributed by atoms with Gasteiger partial charge in [-0.05, 0) is 42.5 Å². The van der Waals surface area contributed by atoms with E-state index in [2.05, 4.69) is 5.32 Å². The van der Waals surface area contributed by atoms with Crippen molar-refractivity contribution < 1.29 is 19.1 Å². The molecular formula is C18H17ClN2O4S. The van der Waals surface area contributed by atoms with E-state index in [9.17, 15) is 14.4 Å². The molecular weight excluding hydrogens is 376 g/mol. The number of thiophene rings is 1. The minimum atomic E-state index is -0.649. The van der Waals surface area contributed by atoms with Crippen molar-refractivity contribution in [3.05, 3.63) is 51.7 Å². The van der Waals surface area contributed by atoms with Crippen molar-refractivity contribution in [2.75, 3.05) is 18.5 Å². The van der Waals surface area contributed by atoms with Crippen LogP contribution in [0.1, 0.15) is 22.5 Å². The third-order valence-electron chi connectivity index (χ3n) is 3.97. The number of carbonyl (C=O) groups is 3. The van der Waals surface area contributed by atoms with E-state index in [-0.39, 0.29) is 5.91 Å². The summed E-state index contributed by atoms with van der Waals surface area (Å²) in [7, 11) is 0. The lowest BCUT2D eigenvalue weighted by atomic mass is 10.2. The number of amides is 2. The maximum Gasteiger partial charge on any atom is 0.329 e. The molecule has 0 unspecified atom stereocenters. The van der Waals surface area contributed by atoms with Crippen molar-refractivity contribution in [1.82, 2.24) is 4.90 Å². The highest BCUT2D eigenvalue weighted by atomic mass is 35.5. The Morgan fingerprint density at radius 1 is 1.27 bits per heavy atom. The fourth-order valence-corrected chi connectivity index (χ4v) is 3.66. The molecule has 0 bridgehead atoms. The number of anilines is 1. The number of carbonyl (C=O) groups excluding carboxylic acids is 3. The number of nitrogens with one attached hydrogen (secondary N) is 1. The summed E-state index contributed by atoms with van der Waals surface area (Å²) < 4.78 is 5.11. The molecule has 2 aromatic rings. The molecule has 0 aliphatic carbocycles. The highest BCUT2D eigenvalue weighted by Crippen LogP contribution is 2.23. The van der Waals surface area contributed by atoms with Crippen molar-refractivity contribution >= 4 is 46.4 Å². The van der Waals surface area contributed by atoms with Crippen molar-refractivity contribution in [3.63, 3.8) is 0 Å². The van der Waals surface area contributed by atoms with E-state index in [1.165, 1.54) is 16.2 Å². The molecule has 0 saturated carbocycles. The van der Waals surface area contributed by atoms with Gasteiger partial charge in [-0.3, -0.25) is 9.59 Å². The van der Waals surface area contributed by atoms with Crippen LogP contribution in [0.15, 0.2) is 41.8 Å². The normalized spacial score (nSPS) is 16.3. The van der Waals surface area contributed by atoms with E-state index >= 15 is 0 Å². The summed E-state index contributed by atoms with van der Waals surface area (Å²) in [5.74, 6) is -1.20. The fourth-order valence-electron chi connectivity index (χ4n) is 2.79. The zero-order valence-electron chi connectivity index (χ0n) is 13.8. The van der Waals surface area contributed by atoms with Crippen LogP contribution in [0.3, 0.4) is 0 Å². The average molecular weight is 393 g/mol. The first kappa shape index (κ1) is 18.4. The Hall–Kier alpha value is -2.38.